The predicted octanol–water partition coefficient (Wildman–Crippen LogP) is 3.89. The maximum Gasteiger partial charge on any atom is 0.0701 e. The minimum absolute atomic E-state index is 0.597. The summed E-state index contributed by atoms with van der Waals surface area (Å²) in [5.74, 6) is 0.751. The summed E-state index contributed by atoms with van der Waals surface area (Å²) in [6.07, 6.45) is 3.90. The first-order valence-corrected chi connectivity index (χ1v) is 8.49. The average Bonchev–Trinajstić information content (AvgIpc) is 2.76. The van der Waals surface area contributed by atoms with Gasteiger partial charge in [-0.15, -0.1) is 11.3 Å². The van der Waals surface area contributed by atoms with Crippen LogP contribution in [-0.4, -0.2) is 31.6 Å². The molecular weight excluding hydrogens is 308 g/mol. The van der Waals surface area contributed by atoms with E-state index in [-0.39, 0.29) is 0 Å². The summed E-state index contributed by atoms with van der Waals surface area (Å²) < 4.78 is 1.25. The fourth-order valence-electron chi connectivity index (χ4n) is 2.87. The average molecular weight is 331 g/mol. The van der Waals surface area contributed by atoms with E-state index in [0.29, 0.717) is 6.04 Å². The quantitative estimate of drug-likeness (QED) is 0.824. The number of hydrogen-bond donors (Lipinski definition) is 1. The lowest BCUT2D eigenvalue weighted by Crippen LogP contribution is -2.40. The Balaban J connectivity index is 2.05. The van der Waals surface area contributed by atoms with Crippen molar-refractivity contribution in [1.82, 2.24) is 10.2 Å². The topological polar surface area (TPSA) is 15.3 Å². The molecular formula is C14H23BrN2S. The molecule has 0 bridgehead atoms. The lowest BCUT2D eigenvalue weighted by Gasteiger charge is -2.39. The molecule has 1 aliphatic heterocycles. The zero-order chi connectivity index (χ0) is 13.0. The van der Waals surface area contributed by atoms with Crippen molar-refractivity contribution < 1.29 is 0 Å². The summed E-state index contributed by atoms with van der Waals surface area (Å²) in [5.41, 5.74) is 0. The van der Waals surface area contributed by atoms with Gasteiger partial charge in [0, 0.05) is 10.9 Å². The van der Waals surface area contributed by atoms with Crippen molar-refractivity contribution in [2.45, 2.75) is 32.2 Å². The van der Waals surface area contributed by atoms with E-state index in [0.717, 1.165) is 19.0 Å². The normalized spacial score (nSPS) is 25.5. The Morgan fingerprint density at radius 1 is 1.50 bits per heavy atom. The number of hydrogen-bond acceptors (Lipinski definition) is 3. The molecule has 1 N–H and O–H groups in total. The van der Waals surface area contributed by atoms with Gasteiger partial charge in [0.25, 0.3) is 0 Å². The van der Waals surface area contributed by atoms with Gasteiger partial charge in [-0.3, -0.25) is 4.90 Å². The lowest BCUT2D eigenvalue weighted by atomic mass is 9.88. The van der Waals surface area contributed by atoms with Gasteiger partial charge in [-0.2, -0.15) is 0 Å². The van der Waals surface area contributed by atoms with Crippen LogP contribution < -0.4 is 5.32 Å². The van der Waals surface area contributed by atoms with Gasteiger partial charge in [-0.1, -0.05) is 6.92 Å². The smallest absolute Gasteiger partial charge is 0.0701 e. The Bertz CT molecular complexity index is 366. The third kappa shape index (κ3) is 3.56. The Kier molecular flexibility index (Phi) is 5.67. The molecule has 1 fully saturated rings. The molecule has 2 heterocycles. The molecule has 1 aliphatic rings. The van der Waals surface area contributed by atoms with Crippen LogP contribution in [0.2, 0.25) is 0 Å². The van der Waals surface area contributed by atoms with Crippen LogP contribution >= 0.6 is 27.3 Å². The zero-order valence-corrected chi connectivity index (χ0v) is 13.7. The van der Waals surface area contributed by atoms with Crippen molar-refractivity contribution >= 4 is 27.3 Å². The standard InChI is InChI=1S/C14H23BrN2S/c1-3-8-16-10-11-5-4-9-17(2)14(11)12-6-7-13(15)18-12/h6-7,11,14,16H,3-5,8-10H2,1-2H3. The molecule has 0 aromatic carbocycles. The van der Waals surface area contributed by atoms with E-state index < -0.39 is 0 Å². The summed E-state index contributed by atoms with van der Waals surface area (Å²) >= 11 is 5.48. The van der Waals surface area contributed by atoms with Gasteiger partial charge in [-0.05, 0) is 79.9 Å². The Morgan fingerprint density at radius 2 is 2.33 bits per heavy atom. The van der Waals surface area contributed by atoms with E-state index >= 15 is 0 Å². The molecule has 0 saturated carbocycles. The highest BCUT2D eigenvalue weighted by Gasteiger charge is 2.31. The van der Waals surface area contributed by atoms with E-state index in [9.17, 15) is 0 Å². The van der Waals surface area contributed by atoms with E-state index in [1.165, 1.54) is 34.5 Å². The number of halogens is 1. The number of nitrogens with zero attached hydrogens (tertiary/aromatic N) is 1. The monoisotopic (exact) mass is 330 g/mol. The molecule has 1 aromatic heterocycles. The van der Waals surface area contributed by atoms with E-state index in [4.69, 9.17) is 0 Å². The molecule has 1 aromatic rings. The van der Waals surface area contributed by atoms with Crippen LogP contribution in [-0.2, 0) is 0 Å². The van der Waals surface area contributed by atoms with Crippen molar-refractivity contribution in [3.8, 4) is 0 Å². The zero-order valence-electron chi connectivity index (χ0n) is 11.3. The second kappa shape index (κ2) is 7.04. The van der Waals surface area contributed by atoms with Crippen LogP contribution in [0.4, 0.5) is 0 Å². The van der Waals surface area contributed by atoms with E-state index in [1.807, 2.05) is 11.3 Å². The fraction of sp³-hybridized carbons (Fsp3) is 0.714. The highest BCUT2D eigenvalue weighted by atomic mass is 79.9. The van der Waals surface area contributed by atoms with Crippen LogP contribution in [0.1, 0.15) is 37.1 Å². The second-order valence-corrected chi connectivity index (χ2v) is 7.67. The molecule has 2 rings (SSSR count). The van der Waals surface area contributed by atoms with E-state index in [1.54, 1.807) is 0 Å². The Hall–Kier alpha value is 0.1000. The SMILES string of the molecule is CCCNCC1CCCN(C)C1c1ccc(Br)s1. The molecule has 102 valence electrons. The first-order chi connectivity index (χ1) is 8.72. The van der Waals surface area contributed by atoms with Gasteiger partial charge in [0.15, 0.2) is 0 Å². The molecule has 1 saturated heterocycles. The fourth-order valence-corrected chi connectivity index (χ4v) is 4.56. The summed E-state index contributed by atoms with van der Waals surface area (Å²) in [5, 5.41) is 3.60. The van der Waals surface area contributed by atoms with Gasteiger partial charge in [0.05, 0.1) is 3.79 Å². The molecule has 0 spiro atoms. The van der Waals surface area contributed by atoms with E-state index in [2.05, 4.69) is 52.3 Å². The third-order valence-corrected chi connectivity index (χ3v) is 5.42. The molecule has 0 amide bonds. The van der Waals surface area contributed by atoms with Crippen LogP contribution in [0.15, 0.2) is 15.9 Å². The first kappa shape index (κ1) is 14.5. The maximum atomic E-state index is 3.60. The van der Waals surface area contributed by atoms with Crippen LogP contribution in [0.5, 0.6) is 0 Å². The van der Waals surface area contributed by atoms with Gasteiger partial charge in [-0.25, -0.2) is 0 Å². The van der Waals surface area contributed by atoms with Crippen molar-refractivity contribution in [2.75, 3.05) is 26.7 Å². The molecule has 4 heteroatoms. The van der Waals surface area contributed by atoms with Crippen molar-refractivity contribution in [1.29, 1.82) is 0 Å². The Labute approximate surface area is 123 Å². The van der Waals surface area contributed by atoms with Crippen LogP contribution in [0, 0.1) is 5.92 Å². The molecule has 2 nitrogen and oxygen atoms in total. The van der Waals surface area contributed by atoms with Crippen molar-refractivity contribution in [3.63, 3.8) is 0 Å². The summed E-state index contributed by atoms with van der Waals surface area (Å²) in [4.78, 5) is 4.03. The maximum absolute atomic E-state index is 3.60. The molecule has 0 aliphatic carbocycles. The molecule has 2 unspecified atom stereocenters. The van der Waals surface area contributed by atoms with Crippen LogP contribution in [0.25, 0.3) is 0 Å². The summed E-state index contributed by atoms with van der Waals surface area (Å²) in [6, 6.07) is 5.06. The third-order valence-electron chi connectivity index (χ3n) is 3.73. The first-order valence-electron chi connectivity index (χ1n) is 6.88. The van der Waals surface area contributed by atoms with Gasteiger partial charge in [0.2, 0.25) is 0 Å². The highest BCUT2D eigenvalue weighted by Crippen LogP contribution is 2.39. The summed E-state index contributed by atoms with van der Waals surface area (Å²) in [6.45, 7) is 5.75. The second-order valence-electron chi connectivity index (χ2n) is 5.17. The number of thiophene rings is 1. The van der Waals surface area contributed by atoms with Gasteiger partial charge in [0.1, 0.15) is 0 Å². The molecule has 2 atom stereocenters. The number of likely N-dealkylation sites (tertiary alicyclic amines) is 1. The van der Waals surface area contributed by atoms with Crippen molar-refractivity contribution in [2.24, 2.45) is 5.92 Å². The number of nitrogens with one attached hydrogen (secondary N) is 1. The lowest BCUT2D eigenvalue weighted by molar-refractivity contribution is 0.122. The molecule has 18 heavy (non-hydrogen) atoms. The van der Waals surface area contributed by atoms with Gasteiger partial charge < -0.3 is 5.32 Å². The van der Waals surface area contributed by atoms with Gasteiger partial charge >= 0.3 is 0 Å². The number of rotatable bonds is 5. The molecule has 0 radical (unpaired) electrons. The summed E-state index contributed by atoms with van der Waals surface area (Å²) in [7, 11) is 2.27. The Morgan fingerprint density at radius 3 is 3.00 bits per heavy atom. The predicted molar refractivity (Wildman–Crippen MR) is 83.3 cm³/mol. The largest absolute Gasteiger partial charge is 0.316 e. The van der Waals surface area contributed by atoms with Crippen molar-refractivity contribution in [3.05, 3.63) is 20.8 Å². The van der Waals surface area contributed by atoms with Crippen LogP contribution in [0.3, 0.4) is 0 Å². The minimum Gasteiger partial charge on any atom is -0.316 e. The minimum atomic E-state index is 0.597. The highest BCUT2D eigenvalue weighted by molar-refractivity contribution is 9.11. The number of piperidine rings is 1.